The Bertz CT molecular complexity index is 252. The summed E-state index contributed by atoms with van der Waals surface area (Å²) in [7, 11) is 6.69. The van der Waals surface area contributed by atoms with Crippen LogP contribution in [0.2, 0.25) is 0 Å². The van der Waals surface area contributed by atoms with Gasteiger partial charge in [-0.15, -0.1) is 0 Å². The largest absolute Gasteiger partial charge is 0.314 e. The van der Waals surface area contributed by atoms with E-state index in [1.165, 1.54) is 52.4 Å². The van der Waals surface area contributed by atoms with Gasteiger partial charge in [0.1, 0.15) is 0 Å². The topological polar surface area (TPSA) is 25.0 Å². The summed E-state index contributed by atoms with van der Waals surface area (Å²) >= 11 is 0. The summed E-state index contributed by atoms with van der Waals surface area (Å²) in [5.74, 6) is 0. The molecule has 1 atom stereocenters. The predicted molar refractivity (Wildman–Crippen MR) is 80.7 cm³/mol. The van der Waals surface area contributed by atoms with Crippen molar-refractivity contribution >= 4 is 0 Å². The average molecular weight is 269 g/mol. The second kappa shape index (κ2) is 7.55. The first-order valence-corrected chi connectivity index (χ1v) is 7.65. The van der Waals surface area contributed by atoms with E-state index < -0.39 is 0 Å². The van der Waals surface area contributed by atoms with Crippen molar-refractivity contribution in [2.24, 2.45) is 0 Å². The third-order valence-electron chi connectivity index (χ3n) is 4.56. The molecule has 2 rings (SSSR count). The van der Waals surface area contributed by atoms with Crippen LogP contribution < -0.4 is 5.32 Å². The van der Waals surface area contributed by atoms with Gasteiger partial charge in [-0.05, 0) is 21.1 Å². The fourth-order valence-electron chi connectivity index (χ4n) is 2.90. The number of hydrogen-bond acceptors (Lipinski definition) is 5. The number of nitrogens with one attached hydrogen (secondary N) is 1. The Morgan fingerprint density at radius 1 is 0.895 bits per heavy atom. The molecule has 1 unspecified atom stereocenters. The van der Waals surface area contributed by atoms with Crippen LogP contribution in [0.4, 0.5) is 0 Å². The first-order valence-electron chi connectivity index (χ1n) is 7.65. The Hall–Kier alpha value is -0.200. The zero-order valence-corrected chi connectivity index (χ0v) is 12.9. The molecule has 1 N–H and O–H groups in total. The molecule has 2 heterocycles. The van der Waals surface area contributed by atoms with E-state index in [9.17, 15) is 0 Å². The highest BCUT2D eigenvalue weighted by atomic mass is 15.3. The maximum Gasteiger partial charge on any atom is 0.0345 e. The van der Waals surface area contributed by atoms with Gasteiger partial charge < -0.3 is 15.1 Å². The zero-order chi connectivity index (χ0) is 13.7. The van der Waals surface area contributed by atoms with Crippen LogP contribution in [0.15, 0.2) is 0 Å². The van der Waals surface area contributed by atoms with E-state index in [0.717, 1.165) is 13.1 Å². The summed E-state index contributed by atoms with van der Waals surface area (Å²) < 4.78 is 0. The van der Waals surface area contributed by atoms with Crippen LogP contribution in [0, 0.1) is 0 Å². The van der Waals surface area contributed by atoms with Crippen LogP contribution in [0.25, 0.3) is 0 Å². The lowest BCUT2D eigenvalue weighted by molar-refractivity contribution is 0.111. The lowest BCUT2D eigenvalue weighted by atomic mass is 10.2. The third kappa shape index (κ3) is 5.00. The van der Waals surface area contributed by atoms with Gasteiger partial charge in [-0.1, -0.05) is 0 Å². The van der Waals surface area contributed by atoms with Crippen molar-refractivity contribution in [3.8, 4) is 0 Å². The molecule has 2 fully saturated rings. The molecular formula is C14H31N5. The SMILES string of the molecule is CN1CCN(CCNCC2CN(C)CCN2C)CC1. The Morgan fingerprint density at radius 2 is 1.58 bits per heavy atom. The number of piperazine rings is 2. The molecule has 0 aromatic rings. The average Bonchev–Trinajstić information content (AvgIpc) is 2.40. The predicted octanol–water partition coefficient (Wildman–Crippen LogP) is -0.931. The highest BCUT2D eigenvalue weighted by Gasteiger charge is 2.21. The second-order valence-corrected chi connectivity index (χ2v) is 6.25. The smallest absolute Gasteiger partial charge is 0.0345 e. The fourth-order valence-corrected chi connectivity index (χ4v) is 2.90. The van der Waals surface area contributed by atoms with Crippen LogP contribution in [0.5, 0.6) is 0 Å². The molecule has 0 amide bonds. The first kappa shape index (κ1) is 15.2. The van der Waals surface area contributed by atoms with Crippen molar-refractivity contribution in [3.05, 3.63) is 0 Å². The molecule has 0 aromatic heterocycles. The van der Waals surface area contributed by atoms with Gasteiger partial charge in [-0.25, -0.2) is 0 Å². The normalized spacial score (nSPS) is 28.9. The Balaban J connectivity index is 1.56. The molecule has 0 aromatic carbocycles. The maximum atomic E-state index is 3.64. The van der Waals surface area contributed by atoms with Crippen molar-refractivity contribution in [3.63, 3.8) is 0 Å². The number of hydrogen-bond donors (Lipinski definition) is 1. The van der Waals surface area contributed by atoms with Crippen LogP contribution >= 0.6 is 0 Å². The first-order chi connectivity index (χ1) is 9.15. The quantitative estimate of drug-likeness (QED) is 0.650. The molecule has 5 heteroatoms. The van der Waals surface area contributed by atoms with E-state index >= 15 is 0 Å². The molecule has 0 radical (unpaired) electrons. The van der Waals surface area contributed by atoms with Crippen molar-refractivity contribution in [2.75, 3.05) is 86.6 Å². The van der Waals surface area contributed by atoms with Crippen LogP contribution in [0.1, 0.15) is 0 Å². The number of rotatable bonds is 5. The molecule has 112 valence electrons. The summed E-state index contributed by atoms with van der Waals surface area (Å²) in [6.45, 7) is 11.9. The molecule has 2 aliphatic heterocycles. The molecule has 2 aliphatic rings. The minimum absolute atomic E-state index is 0.672. The zero-order valence-electron chi connectivity index (χ0n) is 12.9. The van der Waals surface area contributed by atoms with Gasteiger partial charge in [0.15, 0.2) is 0 Å². The minimum Gasteiger partial charge on any atom is -0.314 e. The maximum absolute atomic E-state index is 3.64. The van der Waals surface area contributed by atoms with Crippen molar-refractivity contribution in [1.82, 2.24) is 24.9 Å². The van der Waals surface area contributed by atoms with Crippen LogP contribution in [-0.4, -0.2) is 112 Å². The van der Waals surface area contributed by atoms with Gasteiger partial charge in [0.2, 0.25) is 0 Å². The second-order valence-electron chi connectivity index (χ2n) is 6.25. The Kier molecular flexibility index (Phi) is 6.04. The van der Waals surface area contributed by atoms with E-state index in [-0.39, 0.29) is 0 Å². The van der Waals surface area contributed by atoms with E-state index in [4.69, 9.17) is 0 Å². The molecule has 0 aliphatic carbocycles. The number of nitrogens with zero attached hydrogens (tertiary/aromatic N) is 4. The number of likely N-dealkylation sites (N-methyl/N-ethyl adjacent to an activating group) is 3. The van der Waals surface area contributed by atoms with Crippen molar-refractivity contribution < 1.29 is 0 Å². The van der Waals surface area contributed by atoms with Gasteiger partial charge in [-0.3, -0.25) is 9.80 Å². The minimum atomic E-state index is 0.672. The standard InChI is InChI=1S/C14H31N5/c1-16-7-10-19(11-8-16)5-4-15-12-14-13-17(2)6-9-18(14)3/h14-15H,4-13H2,1-3H3. The van der Waals surface area contributed by atoms with E-state index in [0.29, 0.717) is 6.04 Å². The molecule has 0 spiro atoms. The van der Waals surface area contributed by atoms with E-state index in [1.54, 1.807) is 0 Å². The third-order valence-corrected chi connectivity index (χ3v) is 4.56. The molecule has 0 bridgehead atoms. The Labute approximate surface area is 118 Å². The summed E-state index contributed by atoms with van der Waals surface area (Å²) in [5.41, 5.74) is 0. The highest BCUT2D eigenvalue weighted by molar-refractivity contribution is 4.80. The van der Waals surface area contributed by atoms with E-state index in [2.05, 4.69) is 46.1 Å². The summed E-state index contributed by atoms with van der Waals surface area (Å²) in [5, 5.41) is 3.64. The summed E-state index contributed by atoms with van der Waals surface area (Å²) in [4.78, 5) is 9.91. The molecule has 0 saturated carbocycles. The monoisotopic (exact) mass is 269 g/mol. The Morgan fingerprint density at radius 3 is 2.32 bits per heavy atom. The van der Waals surface area contributed by atoms with Crippen LogP contribution in [-0.2, 0) is 0 Å². The van der Waals surface area contributed by atoms with Gasteiger partial charge in [-0.2, -0.15) is 0 Å². The molecule has 19 heavy (non-hydrogen) atoms. The van der Waals surface area contributed by atoms with Crippen molar-refractivity contribution in [2.45, 2.75) is 6.04 Å². The van der Waals surface area contributed by atoms with Gasteiger partial charge in [0.05, 0.1) is 0 Å². The van der Waals surface area contributed by atoms with Crippen molar-refractivity contribution in [1.29, 1.82) is 0 Å². The summed E-state index contributed by atoms with van der Waals surface area (Å²) in [6, 6.07) is 0.672. The lowest BCUT2D eigenvalue weighted by Crippen LogP contribution is -2.54. The fraction of sp³-hybridized carbons (Fsp3) is 1.00. The summed E-state index contributed by atoms with van der Waals surface area (Å²) in [6.07, 6.45) is 0. The molecule has 2 saturated heterocycles. The van der Waals surface area contributed by atoms with E-state index in [1.807, 2.05) is 0 Å². The molecule has 5 nitrogen and oxygen atoms in total. The highest BCUT2D eigenvalue weighted by Crippen LogP contribution is 2.04. The van der Waals surface area contributed by atoms with Gasteiger partial charge in [0.25, 0.3) is 0 Å². The lowest BCUT2D eigenvalue weighted by Gasteiger charge is -2.38. The van der Waals surface area contributed by atoms with Gasteiger partial charge in [0, 0.05) is 71.5 Å². The van der Waals surface area contributed by atoms with Crippen LogP contribution in [0.3, 0.4) is 0 Å². The van der Waals surface area contributed by atoms with Gasteiger partial charge >= 0.3 is 0 Å². The molecular weight excluding hydrogens is 238 g/mol.